The van der Waals surface area contributed by atoms with Gasteiger partial charge in [0.1, 0.15) is 29.7 Å². The van der Waals surface area contributed by atoms with Crippen molar-refractivity contribution in [3.63, 3.8) is 0 Å². The second kappa shape index (κ2) is 13.3. The van der Waals surface area contributed by atoms with Crippen molar-refractivity contribution in [3.05, 3.63) is 68.9 Å². The number of piperazine rings is 1. The molecule has 0 saturated carbocycles. The quantitative estimate of drug-likeness (QED) is 0.186. The third kappa shape index (κ3) is 4.92. The van der Waals surface area contributed by atoms with Crippen molar-refractivity contribution < 1.29 is 43.5 Å². The van der Waals surface area contributed by atoms with E-state index in [1.54, 1.807) is 31.0 Å². The number of esters is 1. The number of nitrogens with zero attached hydrogens (tertiary/aromatic N) is 4. The first kappa shape index (κ1) is 37.3. The highest BCUT2D eigenvalue weighted by Crippen LogP contribution is 2.64. The number of rotatable bonds is 2. The summed E-state index contributed by atoms with van der Waals surface area (Å²) in [6.07, 6.45) is 1.17. The Bertz CT molecular complexity index is 2500. The van der Waals surface area contributed by atoms with Gasteiger partial charge in [0.15, 0.2) is 28.8 Å². The van der Waals surface area contributed by atoms with Crippen LogP contribution in [0.2, 0.25) is 0 Å². The van der Waals surface area contributed by atoms with Crippen LogP contribution in [0.4, 0.5) is 0 Å². The lowest BCUT2D eigenvalue weighted by Gasteiger charge is -2.61. The van der Waals surface area contributed by atoms with Gasteiger partial charge in [0.2, 0.25) is 6.79 Å². The maximum atomic E-state index is 15.1. The van der Waals surface area contributed by atoms with E-state index in [0.717, 1.165) is 44.4 Å². The van der Waals surface area contributed by atoms with Crippen molar-refractivity contribution in [1.82, 2.24) is 19.7 Å². The number of H-pyrrole nitrogens is 1. The Morgan fingerprint density at radius 3 is 2.66 bits per heavy atom. The van der Waals surface area contributed by atoms with Crippen LogP contribution in [0.25, 0.3) is 10.9 Å². The number of nitriles is 1. The Labute approximate surface area is 339 Å². The predicted molar refractivity (Wildman–Crippen MR) is 213 cm³/mol. The zero-order valence-corrected chi connectivity index (χ0v) is 34.0. The second-order valence-corrected chi connectivity index (χ2v) is 17.5. The van der Waals surface area contributed by atoms with Crippen molar-refractivity contribution in [1.29, 1.82) is 5.26 Å². The Morgan fingerprint density at radius 2 is 1.90 bits per heavy atom. The number of fused-ring (bicyclic) bond motifs is 12. The minimum absolute atomic E-state index is 0.00954. The molecule has 302 valence electrons. The molecule has 7 aliphatic heterocycles. The molecule has 58 heavy (non-hydrogen) atoms. The number of aryl methyl sites for hydroxylation is 1. The molecule has 0 radical (unpaired) electrons. The fourth-order valence-electron chi connectivity index (χ4n) is 11.2. The number of carbonyl (C=O) groups is 2. The van der Waals surface area contributed by atoms with E-state index in [1.165, 1.54) is 6.92 Å². The smallest absolute Gasteiger partial charge is 0.308 e. The first-order valence-corrected chi connectivity index (χ1v) is 20.7. The number of Topliss-reactive ketones (excluding diaryl/α,β-unsaturated/α-hetero) is 1. The summed E-state index contributed by atoms with van der Waals surface area (Å²) in [5, 5.41) is 34.3. The molecule has 4 bridgehead atoms. The normalized spacial score (nSPS) is 28.9. The number of hydrogen-bond donors (Lipinski definition) is 3. The maximum Gasteiger partial charge on any atom is 0.308 e. The number of aromatic amines is 1. The summed E-state index contributed by atoms with van der Waals surface area (Å²) < 4.78 is 31.0. The molecule has 14 nitrogen and oxygen atoms in total. The molecule has 1 aromatic heterocycles. The molecule has 0 amide bonds. The highest BCUT2D eigenvalue weighted by Gasteiger charge is 2.61. The second-order valence-electron chi connectivity index (χ2n) is 16.4. The molecule has 1 spiro atoms. The van der Waals surface area contributed by atoms with E-state index in [-0.39, 0.29) is 49.1 Å². The zero-order chi connectivity index (χ0) is 40.5. The monoisotopic (exact) mass is 807 g/mol. The van der Waals surface area contributed by atoms with E-state index in [1.807, 2.05) is 34.0 Å². The van der Waals surface area contributed by atoms with Crippen LogP contribution in [-0.4, -0.2) is 113 Å². The van der Waals surface area contributed by atoms with Crippen LogP contribution in [-0.2, 0) is 32.7 Å². The van der Waals surface area contributed by atoms with Gasteiger partial charge in [-0.2, -0.15) is 5.26 Å². The molecule has 8 heterocycles. The average Bonchev–Trinajstić information content (AvgIpc) is 3.82. The minimum atomic E-state index is -1.20. The highest BCUT2D eigenvalue weighted by atomic mass is 32.2. The SMILES string of the molecule is COc1c(C)cc2c(c1O)[C@H]1C3[C@@H]4SC[C@]5(C(=O)COC[C@@H](c6c7c(c(C)c(OC(C)=O)c64)OCO7)N3[C@@H](C#N)[C@@H](C2)N1C)c1[nH]c2ccc(O)cc2c1CCN5C. The van der Waals surface area contributed by atoms with Crippen LogP contribution in [0.1, 0.15) is 68.9 Å². The number of aromatic nitrogens is 1. The van der Waals surface area contributed by atoms with Crippen LogP contribution in [0.3, 0.4) is 0 Å². The summed E-state index contributed by atoms with van der Waals surface area (Å²) in [5.41, 5.74) is 5.85. The number of benzene rings is 3. The number of nitrogens with one attached hydrogen (secondary N) is 1. The van der Waals surface area contributed by atoms with Gasteiger partial charge in [0, 0.05) is 70.2 Å². The van der Waals surface area contributed by atoms with Crippen LogP contribution >= 0.6 is 11.8 Å². The molecule has 2 fully saturated rings. The first-order chi connectivity index (χ1) is 27.9. The van der Waals surface area contributed by atoms with Crippen LogP contribution in [0.5, 0.6) is 34.5 Å². The summed E-state index contributed by atoms with van der Waals surface area (Å²) >= 11 is 1.57. The molecule has 4 aromatic rings. The standard InChI is InChI=1S/C43H45N5O9S/c1-19-11-22-12-27-28(14-44)48-29-15-54-16-30(51)43(42-24(9-10-46(43)4)25-13-23(50)7-8-26(25)45-42)17-58-41(35(48)34(47(27)5)31(22)36(52)37(19)53-6)33-32(29)40-39(55-18-56-40)20(2)38(33)57-21(3)49/h7-8,11,13,27-29,34-35,41,45,50,52H,9-10,12,15-18H2,1-6H3/t27-,28+,29+,34+,35?,41-,43+/m1/s1. The molecule has 7 aliphatic rings. The molecule has 1 unspecified atom stereocenters. The van der Waals surface area contributed by atoms with Crippen molar-refractivity contribution >= 4 is 34.4 Å². The summed E-state index contributed by atoms with van der Waals surface area (Å²) in [6, 6.07) is 7.41. The molecule has 11 rings (SSSR count). The van der Waals surface area contributed by atoms with Gasteiger partial charge in [-0.3, -0.25) is 24.3 Å². The fraction of sp³-hybridized carbons (Fsp3) is 0.465. The number of likely N-dealkylation sites (N-methyl/N-ethyl adjacent to an activating group) is 2. The topological polar surface area (TPSA) is 170 Å². The number of aromatic hydroxyl groups is 2. The van der Waals surface area contributed by atoms with Gasteiger partial charge in [0.05, 0.1) is 37.1 Å². The molecular weight excluding hydrogens is 763 g/mol. The number of phenols is 2. The Hall–Kier alpha value is -4.98. The van der Waals surface area contributed by atoms with Gasteiger partial charge in [0.25, 0.3) is 0 Å². The van der Waals surface area contributed by atoms with Gasteiger partial charge in [-0.15, -0.1) is 11.8 Å². The summed E-state index contributed by atoms with van der Waals surface area (Å²) in [6.45, 7) is 5.46. The number of methoxy groups -OCH3 is 1. The van der Waals surface area contributed by atoms with Crippen LogP contribution < -0.4 is 18.9 Å². The van der Waals surface area contributed by atoms with E-state index in [0.29, 0.717) is 53.5 Å². The molecule has 3 N–H and O–H groups in total. The lowest BCUT2D eigenvalue weighted by molar-refractivity contribution is -0.137. The van der Waals surface area contributed by atoms with E-state index >= 15 is 4.79 Å². The number of ketones is 1. The van der Waals surface area contributed by atoms with E-state index < -0.39 is 40.9 Å². The highest BCUT2D eigenvalue weighted by molar-refractivity contribution is 7.99. The van der Waals surface area contributed by atoms with E-state index in [4.69, 9.17) is 23.7 Å². The summed E-state index contributed by atoms with van der Waals surface area (Å²) in [4.78, 5) is 38.3. The Kier molecular flexibility index (Phi) is 8.53. The lowest BCUT2D eigenvalue weighted by atomic mass is 9.71. The van der Waals surface area contributed by atoms with Crippen molar-refractivity contribution in [2.75, 3.05) is 53.5 Å². The number of ether oxygens (including phenoxy) is 5. The fourth-order valence-corrected chi connectivity index (χ4v) is 13.0. The van der Waals surface area contributed by atoms with Gasteiger partial charge >= 0.3 is 5.97 Å². The van der Waals surface area contributed by atoms with Gasteiger partial charge in [-0.05, 0) is 75.7 Å². The third-order valence-electron chi connectivity index (χ3n) is 13.6. The predicted octanol–water partition coefficient (Wildman–Crippen LogP) is 4.84. The molecule has 3 aromatic carbocycles. The summed E-state index contributed by atoms with van der Waals surface area (Å²) in [5.74, 6) is 1.54. The van der Waals surface area contributed by atoms with Crippen molar-refractivity contribution in [2.24, 2.45) is 0 Å². The summed E-state index contributed by atoms with van der Waals surface area (Å²) in [7, 11) is 5.52. The number of phenolic OH excluding ortho intramolecular Hbond substituents is 2. The number of thioether (sulfide) groups is 1. The van der Waals surface area contributed by atoms with Crippen molar-refractivity contribution in [3.8, 4) is 40.6 Å². The van der Waals surface area contributed by atoms with Gasteiger partial charge in [-0.1, -0.05) is 6.07 Å². The first-order valence-electron chi connectivity index (χ1n) is 19.6. The molecule has 15 heteroatoms. The average molecular weight is 808 g/mol. The minimum Gasteiger partial charge on any atom is -0.508 e. The maximum absolute atomic E-state index is 15.1. The molecule has 7 atom stereocenters. The Balaban J connectivity index is 1.27. The molecule has 2 saturated heterocycles. The number of carbonyl (C=O) groups excluding carboxylic acids is 2. The van der Waals surface area contributed by atoms with Crippen LogP contribution in [0.15, 0.2) is 24.3 Å². The zero-order valence-electron chi connectivity index (χ0n) is 33.2. The van der Waals surface area contributed by atoms with Gasteiger partial charge < -0.3 is 38.9 Å². The Morgan fingerprint density at radius 1 is 1.10 bits per heavy atom. The lowest BCUT2D eigenvalue weighted by Crippen LogP contribution is -2.69. The largest absolute Gasteiger partial charge is 0.508 e. The molecule has 0 aliphatic carbocycles. The third-order valence-corrected chi connectivity index (χ3v) is 15.1. The van der Waals surface area contributed by atoms with E-state index in [2.05, 4.69) is 31.8 Å². The number of hydrogen-bond acceptors (Lipinski definition) is 14. The van der Waals surface area contributed by atoms with Crippen molar-refractivity contribution in [2.45, 2.75) is 74.6 Å². The molecular formula is C43H45N5O9S. The van der Waals surface area contributed by atoms with Crippen LogP contribution in [0, 0.1) is 25.2 Å². The van der Waals surface area contributed by atoms with Gasteiger partial charge in [-0.25, -0.2) is 0 Å². The van der Waals surface area contributed by atoms with E-state index in [9.17, 15) is 20.3 Å².